The summed E-state index contributed by atoms with van der Waals surface area (Å²) in [5.74, 6) is 0. The topological polar surface area (TPSA) is 61.4 Å². The summed E-state index contributed by atoms with van der Waals surface area (Å²) in [4.78, 5) is 2.77. The first-order valence-corrected chi connectivity index (χ1v) is 9.08. The van der Waals surface area contributed by atoms with Gasteiger partial charge in [0.05, 0.1) is 4.90 Å². The van der Waals surface area contributed by atoms with Crippen LogP contribution in [-0.4, -0.2) is 45.5 Å². The lowest BCUT2D eigenvalue weighted by molar-refractivity contribution is 0.309. The number of hydrogen-bond acceptors (Lipinski definition) is 4. The van der Waals surface area contributed by atoms with Gasteiger partial charge in [-0.3, -0.25) is 4.90 Å². The Morgan fingerprint density at radius 1 is 1.19 bits per heavy atom. The van der Waals surface area contributed by atoms with E-state index >= 15 is 0 Å². The van der Waals surface area contributed by atoms with Crippen molar-refractivity contribution in [3.63, 3.8) is 0 Å². The van der Waals surface area contributed by atoms with Crippen molar-refractivity contribution in [1.82, 2.24) is 14.9 Å². The van der Waals surface area contributed by atoms with E-state index in [0.29, 0.717) is 10.9 Å². The predicted molar refractivity (Wildman–Crippen MR) is 82.5 cm³/mol. The van der Waals surface area contributed by atoms with E-state index in [2.05, 4.69) is 14.9 Å². The second-order valence-corrected chi connectivity index (χ2v) is 7.65. The molecule has 0 saturated carbocycles. The lowest BCUT2D eigenvalue weighted by Gasteiger charge is -2.21. The molecule has 2 aliphatic rings. The van der Waals surface area contributed by atoms with E-state index in [4.69, 9.17) is 0 Å². The summed E-state index contributed by atoms with van der Waals surface area (Å²) in [5.41, 5.74) is 1.08. The van der Waals surface area contributed by atoms with Gasteiger partial charge in [-0.05, 0) is 50.6 Å². The van der Waals surface area contributed by atoms with E-state index in [1.165, 1.54) is 6.42 Å². The zero-order valence-electron chi connectivity index (χ0n) is 12.4. The highest BCUT2D eigenvalue weighted by Crippen LogP contribution is 2.28. The molecular formula is C15H23N3O2S. The van der Waals surface area contributed by atoms with Gasteiger partial charge in [0.25, 0.3) is 0 Å². The maximum Gasteiger partial charge on any atom is 0.240 e. The molecule has 2 unspecified atom stereocenters. The first-order chi connectivity index (χ1) is 10.1. The SMILES string of the molecule is CNCc1ccc(S(=O)(=O)NC2CCN3CCCC23)cc1. The predicted octanol–water partition coefficient (Wildman–Crippen LogP) is 0.921. The third-order valence-electron chi connectivity index (χ3n) is 4.53. The normalized spacial score (nSPS) is 26.1. The molecule has 2 heterocycles. The summed E-state index contributed by atoms with van der Waals surface area (Å²) < 4.78 is 27.9. The minimum absolute atomic E-state index is 0.0643. The fourth-order valence-electron chi connectivity index (χ4n) is 3.48. The van der Waals surface area contributed by atoms with Crippen LogP contribution in [0.25, 0.3) is 0 Å². The first kappa shape index (κ1) is 15.0. The van der Waals surface area contributed by atoms with Crippen LogP contribution in [0.2, 0.25) is 0 Å². The number of sulfonamides is 1. The molecule has 0 spiro atoms. The average molecular weight is 309 g/mol. The second-order valence-electron chi connectivity index (χ2n) is 5.94. The Labute approximate surface area is 126 Å². The Bertz CT molecular complexity index is 585. The summed E-state index contributed by atoms with van der Waals surface area (Å²) in [6.45, 7) is 2.87. The van der Waals surface area contributed by atoms with Gasteiger partial charge in [0.1, 0.15) is 0 Å². The third kappa shape index (κ3) is 3.13. The summed E-state index contributed by atoms with van der Waals surface area (Å²) in [7, 11) is -1.54. The number of benzene rings is 1. The Morgan fingerprint density at radius 3 is 2.67 bits per heavy atom. The molecular weight excluding hydrogens is 286 g/mol. The molecule has 0 amide bonds. The van der Waals surface area contributed by atoms with Crippen molar-refractivity contribution in [2.75, 3.05) is 20.1 Å². The van der Waals surface area contributed by atoms with Gasteiger partial charge in [-0.1, -0.05) is 12.1 Å². The number of nitrogens with zero attached hydrogens (tertiary/aromatic N) is 1. The van der Waals surface area contributed by atoms with Crippen LogP contribution in [0.5, 0.6) is 0 Å². The molecule has 2 N–H and O–H groups in total. The monoisotopic (exact) mass is 309 g/mol. The highest BCUT2D eigenvalue weighted by molar-refractivity contribution is 7.89. The van der Waals surface area contributed by atoms with Gasteiger partial charge >= 0.3 is 0 Å². The lowest BCUT2D eigenvalue weighted by atomic mass is 10.1. The van der Waals surface area contributed by atoms with Crippen molar-refractivity contribution < 1.29 is 8.42 Å². The van der Waals surface area contributed by atoms with Gasteiger partial charge in [0, 0.05) is 25.2 Å². The van der Waals surface area contributed by atoms with Crippen LogP contribution < -0.4 is 10.0 Å². The molecule has 5 nitrogen and oxygen atoms in total. The zero-order valence-corrected chi connectivity index (χ0v) is 13.2. The molecule has 3 rings (SSSR count). The van der Waals surface area contributed by atoms with Crippen molar-refractivity contribution in [3.8, 4) is 0 Å². The molecule has 0 aliphatic carbocycles. The number of fused-ring (bicyclic) bond motifs is 1. The Hall–Kier alpha value is -0.950. The molecule has 0 aromatic heterocycles. The Balaban J connectivity index is 1.71. The van der Waals surface area contributed by atoms with Gasteiger partial charge in [0.2, 0.25) is 10.0 Å². The van der Waals surface area contributed by atoms with Crippen LogP contribution >= 0.6 is 0 Å². The minimum Gasteiger partial charge on any atom is -0.316 e. The number of nitrogens with one attached hydrogen (secondary N) is 2. The fourth-order valence-corrected chi connectivity index (χ4v) is 4.78. The maximum absolute atomic E-state index is 12.5. The van der Waals surface area contributed by atoms with Crippen LogP contribution in [0.3, 0.4) is 0 Å². The Morgan fingerprint density at radius 2 is 1.95 bits per heavy atom. The molecule has 21 heavy (non-hydrogen) atoms. The Kier molecular flexibility index (Phi) is 4.31. The molecule has 2 fully saturated rings. The van der Waals surface area contributed by atoms with Crippen molar-refractivity contribution in [3.05, 3.63) is 29.8 Å². The average Bonchev–Trinajstić information content (AvgIpc) is 3.05. The van der Waals surface area contributed by atoms with Crippen molar-refractivity contribution in [2.24, 2.45) is 0 Å². The van der Waals surface area contributed by atoms with Gasteiger partial charge in [-0.15, -0.1) is 0 Å². The van der Waals surface area contributed by atoms with Crippen LogP contribution in [0.15, 0.2) is 29.2 Å². The van der Waals surface area contributed by atoms with Crippen LogP contribution in [0.4, 0.5) is 0 Å². The van der Waals surface area contributed by atoms with Gasteiger partial charge in [-0.25, -0.2) is 13.1 Å². The van der Waals surface area contributed by atoms with E-state index in [1.54, 1.807) is 12.1 Å². The van der Waals surface area contributed by atoms with E-state index < -0.39 is 10.0 Å². The molecule has 116 valence electrons. The molecule has 0 bridgehead atoms. The van der Waals surface area contributed by atoms with E-state index in [0.717, 1.165) is 38.0 Å². The van der Waals surface area contributed by atoms with E-state index in [9.17, 15) is 8.42 Å². The molecule has 2 atom stereocenters. The molecule has 2 aliphatic heterocycles. The highest BCUT2D eigenvalue weighted by atomic mass is 32.2. The van der Waals surface area contributed by atoms with Crippen LogP contribution in [0, 0.1) is 0 Å². The molecule has 0 radical (unpaired) electrons. The third-order valence-corrected chi connectivity index (χ3v) is 6.03. The van der Waals surface area contributed by atoms with Gasteiger partial charge in [0.15, 0.2) is 0 Å². The highest BCUT2D eigenvalue weighted by Gasteiger charge is 2.39. The summed E-state index contributed by atoms with van der Waals surface area (Å²) in [6.07, 6.45) is 3.21. The maximum atomic E-state index is 12.5. The van der Waals surface area contributed by atoms with Crippen LogP contribution in [0.1, 0.15) is 24.8 Å². The van der Waals surface area contributed by atoms with Crippen LogP contribution in [-0.2, 0) is 16.6 Å². The molecule has 6 heteroatoms. The van der Waals surface area contributed by atoms with Crippen molar-refractivity contribution in [1.29, 1.82) is 0 Å². The quantitative estimate of drug-likeness (QED) is 0.849. The standard InChI is InChI=1S/C15H23N3O2S/c1-16-11-12-4-6-13(7-5-12)21(19,20)17-14-8-10-18-9-2-3-15(14)18/h4-7,14-17H,2-3,8-11H2,1H3. The van der Waals surface area contributed by atoms with E-state index in [1.807, 2.05) is 19.2 Å². The summed E-state index contributed by atoms with van der Waals surface area (Å²) >= 11 is 0. The number of hydrogen-bond donors (Lipinski definition) is 2. The second kappa shape index (κ2) is 6.04. The minimum atomic E-state index is -3.41. The molecule has 1 aromatic rings. The first-order valence-electron chi connectivity index (χ1n) is 7.60. The summed E-state index contributed by atoms with van der Waals surface area (Å²) in [6, 6.07) is 7.56. The smallest absolute Gasteiger partial charge is 0.240 e. The van der Waals surface area contributed by atoms with E-state index in [-0.39, 0.29) is 6.04 Å². The van der Waals surface area contributed by atoms with Gasteiger partial charge < -0.3 is 5.32 Å². The number of rotatable bonds is 5. The lowest BCUT2D eigenvalue weighted by Crippen LogP contribution is -2.42. The molecule has 2 saturated heterocycles. The van der Waals surface area contributed by atoms with Crippen molar-refractivity contribution >= 4 is 10.0 Å². The van der Waals surface area contributed by atoms with Crippen molar-refractivity contribution in [2.45, 2.75) is 42.8 Å². The largest absolute Gasteiger partial charge is 0.316 e. The molecule has 1 aromatic carbocycles. The fraction of sp³-hybridized carbons (Fsp3) is 0.600. The van der Waals surface area contributed by atoms with Gasteiger partial charge in [-0.2, -0.15) is 0 Å². The summed E-state index contributed by atoms with van der Waals surface area (Å²) in [5, 5.41) is 3.06. The zero-order chi connectivity index (χ0) is 14.9.